The van der Waals surface area contributed by atoms with Gasteiger partial charge in [0, 0.05) is 61.5 Å². The Kier molecular flexibility index (Phi) is 17.5. The van der Waals surface area contributed by atoms with Crippen LogP contribution >= 0.6 is 0 Å². The molecule has 0 amide bonds. The van der Waals surface area contributed by atoms with Crippen molar-refractivity contribution < 1.29 is 11.0 Å². The lowest BCUT2D eigenvalue weighted by Crippen LogP contribution is -2.61. The van der Waals surface area contributed by atoms with Gasteiger partial charge in [-0.25, -0.2) is 0 Å². The number of rotatable bonds is 11. The van der Waals surface area contributed by atoms with Crippen molar-refractivity contribution in [2.75, 3.05) is 9.80 Å². The number of hydrogen-bond acceptors (Lipinski definition) is 2. The van der Waals surface area contributed by atoms with Crippen LogP contribution in [-0.2, 0) is 37.9 Å². The highest BCUT2D eigenvalue weighted by atomic mass is 15.2. The topological polar surface area (TPSA) is 11.4 Å². The first kappa shape index (κ1) is 71.5. The molecule has 4 heteroatoms. The summed E-state index contributed by atoms with van der Waals surface area (Å²) in [6, 6.07) is 99.2. The van der Waals surface area contributed by atoms with Gasteiger partial charge in [-0.2, -0.15) is 0 Å². The number of benzene rings is 15. The molecule has 0 saturated carbocycles. The molecule has 16 aromatic rings. The second kappa shape index (κ2) is 29.8. The fourth-order valence-corrected chi connectivity index (χ4v) is 18.3. The molecule has 0 fully saturated rings. The Hall–Kier alpha value is -12.2. The van der Waals surface area contributed by atoms with Gasteiger partial charge < -0.3 is 14.4 Å². The van der Waals surface area contributed by atoms with Crippen molar-refractivity contribution in [2.24, 2.45) is 0 Å². The van der Waals surface area contributed by atoms with Crippen LogP contribution in [0.25, 0.3) is 117 Å². The zero-order valence-corrected chi connectivity index (χ0v) is 74.9. The SMILES string of the molecule is [2H]c1c([2H])c([2H])c2c(c1[2H])c1c([2H])c([2H])c([2H])c([2H])c1n2-c1ccc2c(c1)N(c1c(-c3ccccc3)cc(C(C)(C)C)cc1-c1ccccc1)c1cc(-c3ccc(C(C)(C)C)cc3)cc3c1B2c1cc(-c2cc(-c4ccc(C(C)(C)C)cc4)cc(-c4ccc(C(C)(C)C)cc4)c2)ccc1N3c1c(-c2ccc(C(C)(C)C)cc2)cc(C(C)(C)C)cc1-c1ccc(C(C)(C)C)cc1. The molecule has 3 heterocycles. The molecule has 0 spiro atoms. The van der Waals surface area contributed by atoms with E-state index in [9.17, 15) is 11.0 Å². The van der Waals surface area contributed by atoms with Gasteiger partial charge in [0.2, 0.25) is 0 Å². The summed E-state index contributed by atoms with van der Waals surface area (Å²) in [6.07, 6.45) is 0. The molecule has 606 valence electrons. The standard InChI is InChI=1S/C118H116BN3/c1-112(2,3)87-51-40-75(41-52-87)83-64-84(76-42-53-88(54-43-76)113(4,5)6)66-85(65-83)82-50-63-105-102(67-82)119-101-62-61-94(120-103-38-30-28-36-95(103)96-37-29-31-39-104(96)120)74-106(101)122(111-97(78-32-24-22-25-33-78)70-92(117(16,17)18)71-98(111)79-34-26-23-27-35-79)108-69-86(77-44-55-89(56-45-77)114(7,8)9)68-107(109(108)119)121(105)110-99(80-46-57-90(58-47-80)115(10,11)12)72-93(118(19,20)21)73-100(110)81-48-59-91(60-49-81)116(13,14)15/h22-74H,1-21H3/i28D,29D,30D,31D,36D,37D,38D,39D. The Balaban J connectivity index is 1.06. The first-order chi connectivity index (χ1) is 61.2. The molecule has 18 rings (SSSR count). The molecule has 0 aliphatic carbocycles. The lowest BCUT2D eigenvalue weighted by atomic mass is 9.33. The van der Waals surface area contributed by atoms with E-state index >= 15 is 0 Å². The van der Waals surface area contributed by atoms with Gasteiger partial charge in [0.15, 0.2) is 0 Å². The summed E-state index contributed by atoms with van der Waals surface area (Å²) in [7, 11) is 0. The molecule has 0 unspecified atom stereocenters. The quantitative estimate of drug-likeness (QED) is 0.120. The third-order valence-corrected chi connectivity index (χ3v) is 25.6. The Labute approximate surface area is 738 Å². The first-order valence-electron chi connectivity index (χ1n) is 47.5. The third-order valence-electron chi connectivity index (χ3n) is 25.6. The lowest BCUT2D eigenvalue weighted by Gasteiger charge is -2.46. The number of anilines is 6. The average Bonchev–Trinajstić information content (AvgIpc) is 1.05. The maximum absolute atomic E-state index is 10.1. The molecular formula is C118H116BN3. The van der Waals surface area contributed by atoms with Crippen LogP contribution in [-0.4, -0.2) is 11.3 Å². The summed E-state index contributed by atoms with van der Waals surface area (Å²) < 4.78 is 78.9. The number of fused-ring (bicyclic) bond motifs is 7. The van der Waals surface area contributed by atoms with Crippen LogP contribution in [0.15, 0.2) is 321 Å². The van der Waals surface area contributed by atoms with Crippen molar-refractivity contribution in [2.45, 2.75) is 183 Å². The summed E-state index contributed by atoms with van der Waals surface area (Å²) in [5, 5.41) is 0.00860. The Morgan fingerprint density at radius 2 is 0.533 bits per heavy atom. The van der Waals surface area contributed by atoms with Crippen molar-refractivity contribution in [3.05, 3.63) is 360 Å². The Bertz CT molecular complexity index is 6930. The van der Waals surface area contributed by atoms with Crippen LogP contribution in [0.2, 0.25) is 0 Å². The van der Waals surface area contributed by atoms with Crippen LogP contribution in [0.4, 0.5) is 34.1 Å². The highest BCUT2D eigenvalue weighted by Gasteiger charge is 2.47. The summed E-state index contributed by atoms with van der Waals surface area (Å²) >= 11 is 0. The maximum atomic E-state index is 10.1. The van der Waals surface area contributed by atoms with E-state index in [-0.39, 0.29) is 71.8 Å². The van der Waals surface area contributed by atoms with E-state index in [0.29, 0.717) is 5.69 Å². The molecule has 1 aromatic heterocycles. The monoisotopic (exact) mass is 1590 g/mol. The molecule has 15 aromatic carbocycles. The van der Waals surface area contributed by atoms with Crippen molar-refractivity contribution >= 4 is 79.0 Å². The van der Waals surface area contributed by atoms with Gasteiger partial charge in [-0.05, 0) is 245 Å². The molecule has 0 radical (unpaired) electrons. The second-order valence-corrected chi connectivity index (χ2v) is 41.3. The lowest BCUT2D eigenvalue weighted by molar-refractivity contribution is 0.590. The minimum atomic E-state index is -0.591. The molecule has 3 nitrogen and oxygen atoms in total. The van der Waals surface area contributed by atoms with Crippen LogP contribution in [0, 0.1) is 0 Å². The molecule has 0 N–H and O–H groups in total. The Morgan fingerprint density at radius 1 is 0.230 bits per heavy atom. The zero-order chi connectivity index (χ0) is 92.6. The number of nitrogens with zero attached hydrogens (tertiary/aromatic N) is 3. The molecular weight excluding hydrogens is 1470 g/mol. The van der Waals surface area contributed by atoms with Crippen molar-refractivity contribution in [3.63, 3.8) is 0 Å². The fourth-order valence-electron chi connectivity index (χ4n) is 18.3. The van der Waals surface area contributed by atoms with Gasteiger partial charge >= 0.3 is 0 Å². The van der Waals surface area contributed by atoms with Gasteiger partial charge in [0.05, 0.1) is 33.4 Å². The van der Waals surface area contributed by atoms with Crippen LogP contribution in [0.3, 0.4) is 0 Å². The van der Waals surface area contributed by atoms with E-state index in [1.807, 2.05) is 6.07 Å². The molecule has 0 atom stereocenters. The van der Waals surface area contributed by atoms with Gasteiger partial charge in [-0.15, -0.1) is 0 Å². The molecule has 0 bridgehead atoms. The van der Waals surface area contributed by atoms with Crippen LogP contribution in [0.5, 0.6) is 0 Å². The van der Waals surface area contributed by atoms with E-state index in [4.69, 9.17) is 0 Å². The minimum Gasteiger partial charge on any atom is -0.310 e. The maximum Gasteiger partial charge on any atom is 0.252 e. The smallest absolute Gasteiger partial charge is 0.252 e. The van der Waals surface area contributed by atoms with E-state index < -0.39 is 43.0 Å². The van der Waals surface area contributed by atoms with Crippen LogP contribution in [0.1, 0.15) is 195 Å². The van der Waals surface area contributed by atoms with Gasteiger partial charge in [0.25, 0.3) is 6.71 Å². The first-order valence-corrected chi connectivity index (χ1v) is 43.5. The van der Waals surface area contributed by atoms with Crippen molar-refractivity contribution in [1.29, 1.82) is 0 Å². The van der Waals surface area contributed by atoms with Crippen molar-refractivity contribution in [3.8, 4) is 94.7 Å². The van der Waals surface area contributed by atoms with E-state index in [1.165, 1.54) is 33.4 Å². The average molecular weight is 1600 g/mol. The van der Waals surface area contributed by atoms with Gasteiger partial charge in [0.1, 0.15) is 0 Å². The highest BCUT2D eigenvalue weighted by molar-refractivity contribution is 7.00. The third kappa shape index (κ3) is 14.8. The van der Waals surface area contributed by atoms with E-state index in [1.54, 1.807) is 4.57 Å². The molecule has 2 aliphatic heterocycles. The highest BCUT2D eigenvalue weighted by Crippen LogP contribution is 2.56. The van der Waals surface area contributed by atoms with Gasteiger partial charge in [-0.1, -0.05) is 382 Å². The van der Waals surface area contributed by atoms with Crippen molar-refractivity contribution in [1.82, 2.24) is 4.57 Å². The largest absolute Gasteiger partial charge is 0.310 e. The van der Waals surface area contributed by atoms with Gasteiger partial charge in [-0.3, -0.25) is 0 Å². The second-order valence-electron chi connectivity index (χ2n) is 41.3. The molecule has 2 aliphatic rings. The van der Waals surface area contributed by atoms with E-state index in [2.05, 4.69) is 422 Å². The summed E-state index contributed by atoms with van der Waals surface area (Å²) in [4.78, 5) is 5.13. The summed E-state index contributed by atoms with van der Waals surface area (Å²) in [5.74, 6) is 0. The predicted molar refractivity (Wildman–Crippen MR) is 529 cm³/mol. The predicted octanol–water partition coefficient (Wildman–Crippen LogP) is 31.3. The Morgan fingerprint density at radius 3 is 0.885 bits per heavy atom. The molecule has 0 saturated heterocycles. The fraction of sp³-hybridized carbons (Fsp3) is 0.237. The number of para-hydroxylation sites is 2. The zero-order valence-electron chi connectivity index (χ0n) is 82.9. The number of aromatic nitrogens is 1. The molecule has 122 heavy (non-hydrogen) atoms. The van der Waals surface area contributed by atoms with Crippen LogP contribution < -0.4 is 26.2 Å². The minimum absolute atomic E-state index is 0.00430. The normalized spacial score (nSPS) is 14.2. The number of hydrogen-bond donors (Lipinski definition) is 0. The summed E-state index contributed by atoms with van der Waals surface area (Å²) in [6.45, 7) is 47.3. The van der Waals surface area contributed by atoms with E-state index in [0.717, 1.165) is 145 Å². The summed E-state index contributed by atoms with van der Waals surface area (Å²) in [5.41, 5.74) is 32.6.